The smallest absolute Gasteiger partial charge is 0.266 e. The zero-order chi connectivity index (χ0) is 19.7. The molecule has 1 saturated heterocycles. The summed E-state index contributed by atoms with van der Waals surface area (Å²) in [6.45, 7) is 7.39. The highest BCUT2D eigenvalue weighted by Gasteiger charge is 2.20. The summed E-state index contributed by atoms with van der Waals surface area (Å²) in [5.41, 5.74) is 1.91. The lowest BCUT2D eigenvalue weighted by Crippen LogP contribution is -2.47. The van der Waals surface area contributed by atoms with Crippen molar-refractivity contribution in [2.24, 2.45) is 7.05 Å². The van der Waals surface area contributed by atoms with Crippen molar-refractivity contribution < 1.29 is 4.74 Å². The lowest BCUT2D eigenvalue weighted by atomic mass is 10.2. The van der Waals surface area contributed by atoms with Crippen molar-refractivity contribution in [2.75, 3.05) is 36.0 Å². The van der Waals surface area contributed by atoms with Crippen molar-refractivity contribution in [1.29, 1.82) is 0 Å². The van der Waals surface area contributed by atoms with Gasteiger partial charge in [-0.1, -0.05) is 0 Å². The SMILES string of the molecule is CC(C)Oc1ncnc2ccc(N3CCN(c4ccc(=O)n(C)n4)CC3)cc12. The van der Waals surface area contributed by atoms with Gasteiger partial charge in [0.2, 0.25) is 5.88 Å². The molecule has 0 spiro atoms. The number of hydrogen-bond acceptors (Lipinski definition) is 7. The Morgan fingerprint density at radius 3 is 2.46 bits per heavy atom. The van der Waals surface area contributed by atoms with E-state index in [0.29, 0.717) is 5.88 Å². The summed E-state index contributed by atoms with van der Waals surface area (Å²) in [4.78, 5) is 24.7. The highest BCUT2D eigenvalue weighted by molar-refractivity contribution is 5.86. The zero-order valence-electron chi connectivity index (χ0n) is 16.4. The molecule has 1 aliphatic heterocycles. The van der Waals surface area contributed by atoms with E-state index in [2.05, 4.69) is 37.0 Å². The summed E-state index contributed by atoms with van der Waals surface area (Å²) >= 11 is 0. The third-order valence-corrected chi connectivity index (χ3v) is 4.84. The number of piperazine rings is 1. The fourth-order valence-corrected chi connectivity index (χ4v) is 3.39. The molecular weight excluding hydrogens is 356 g/mol. The van der Waals surface area contributed by atoms with Crippen LogP contribution in [0.4, 0.5) is 11.5 Å². The molecule has 0 bridgehead atoms. The van der Waals surface area contributed by atoms with Gasteiger partial charge in [0.25, 0.3) is 5.56 Å². The molecule has 8 heteroatoms. The molecule has 0 atom stereocenters. The molecule has 1 aliphatic rings. The molecule has 0 radical (unpaired) electrons. The van der Waals surface area contributed by atoms with Gasteiger partial charge in [-0.25, -0.2) is 14.6 Å². The quantitative estimate of drug-likeness (QED) is 0.683. The maximum atomic E-state index is 11.5. The van der Waals surface area contributed by atoms with Crippen molar-refractivity contribution in [1.82, 2.24) is 19.7 Å². The molecule has 28 heavy (non-hydrogen) atoms. The normalized spacial score (nSPS) is 14.7. The molecule has 3 aromatic rings. The van der Waals surface area contributed by atoms with Crippen LogP contribution in [0.15, 0.2) is 41.5 Å². The first-order valence-electron chi connectivity index (χ1n) is 9.47. The first-order valence-corrected chi connectivity index (χ1v) is 9.47. The van der Waals surface area contributed by atoms with Crippen molar-refractivity contribution in [2.45, 2.75) is 20.0 Å². The van der Waals surface area contributed by atoms with Gasteiger partial charge in [-0.3, -0.25) is 4.79 Å². The highest BCUT2D eigenvalue weighted by Crippen LogP contribution is 2.28. The van der Waals surface area contributed by atoms with Crippen LogP contribution in [0.5, 0.6) is 5.88 Å². The molecule has 0 N–H and O–H groups in total. The molecular formula is C20H24N6O2. The summed E-state index contributed by atoms with van der Waals surface area (Å²) in [5, 5.41) is 5.28. The molecule has 0 amide bonds. The van der Waals surface area contributed by atoms with Gasteiger partial charge in [-0.05, 0) is 38.1 Å². The van der Waals surface area contributed by atoms with E-state index in [1.807, 2.05) is 19.9 Å². The van der Waals surface area contributed by atoms with E-state index in [4.69, 9.17) is 4.74 Å². The van der Waals surface area contributed by atoms with Crippen LogP contribution >= 0.6 is 0 Å². The molecule has 1 fully saturated rings. The average molecular weight is 380 g/mol. The van der Waals surface area contributed by atoms with Crippen LogP contribution in [0.2, 0.25) is 0 Å². The van der Waals surface area contributed by atoms with E-state index in [9.17, 15) is 4.79 Å². The number of aryl methyl sites for hydroxylation is 1. The maximum Gasteiger partial charge on any atom is 0.266 e. The number of fused-ring (bicyclic) bond motifs is 1. The molecule has 0 saturated carbocycles. The summed E-state index contributed by atoms with van der Waals surface area (Å²) in [7, 11) is 1.68. The molecule has 3 heterocycles. The van der Waals surface area contributed by atoms with Gasteiger partial charge < -0.3 is 14.5 Å². The van der Waals surface area contributed by atoms with Crippen molar-refractivity contribution in [3.8, 4) is 5.88 Å². The lowest BCUT2D eigenvalue weighted by molar-refractivity contribution is 0.235. The van der Waals surface area contributed by atoms with Crippen molar-refractivity contribution in [3.63, 3.8) is 0 Å². The van der Waals surface area contributed by atoms with Gasteiger partial charge in [-0.2, -0.15) is 5.10 Å². The maximum absolute atomic E-state index is 11.5. The van der Waals surface area contributed by atoms with E-state index in [1.165, 1.54) is 4.68 Å². The van der Waals surface area contributed by atoms with Crippen molar-refractivity contribution in [3.05, 3.63) is 47.0 Å². The van der Waals surface area contributed by atoms with Gasteiger partial charge in [0.1, 0.15) is 12.1 Å². The van der Waals surface area contributed by atoms with Crippen LogP contribution in [-0.2, 0) is 7.05 Å². The molecule has 8 nitrogen and oxygen atoms in total. The predicted octanol–water partition coefficient (Wildman–Crippen LogP) is 1.84. The fourth-order valence-electron chi connectivity index (χ4n) is 3.39. The fraction of sp³-hybridized carbons (Fsp3) is 0.400. The molecule has 4 rings (SSSR count). The Morgan fingerprint density at radius 2 is 1.75 bits per heavy atom. The molecule has 1 aromatic carbocycles. The van der Waals surface area contributed by atoms with Crippen molar-refractivity contribution >= 4 is 22.4 Å². The first kappa shape index (κ1) is 18.2. The molecule has 146 valence electrons. The van der Waals surface area contributed by atoms with Crippen LogP contribution in [0.3, 0.4) is 0 Å². The predicted molar refractivity (Wildman–Crippen MR) is 109 cm³/mol. The zero-order valence-corrected chi connectivity index (χ0v) is 16.4. The Balaban J connectivity index is 1.53. The first-order chi connectivity index (χ1) is 13.5. The van der Waals surface area contributed by atoms with Gasteiger partial charge in [0, 0.05) is 45.0 Å². The summed E-state index contributed by atoms with van der Waals surface area (Å²) in [6.07, 6.45) is 1.60. The largest absolute Gasteiger partial charge is 0.474 e. The summed E-state index contributed by atoms with van der Waals surface area (Å²) < 4.78 is 7.23. The Bertz CT molecular complexity index is 1040. The summed E-state index contributed by atoms with van der Waals surface area (Å²) in [5.74, 6) is 1.45. The van der Waals surface area contributed by atoms with Crippen LogP contribution in [0.25, 0.3) is 10.9 Å². The number of nitrogens with zero attached hydrogens (tertiary/aromatic N) is 6. The molecule has 2 aromatic heterocycles. The van der Waals surface area contributed by atoms with E-state index in [0.717, 1.165) is 48.6 Å². The van der Waals surface area contributed by atoms with Gasteiger partial charge in [0.05, 0.1) is 17.0 Å². The summed E-state index contributed by atoms with van der Waals surface area (Å²) in [6, 6.07) is 9.57. The van der Waals surface area contributed by atoms with E-state index in [1.54, 1.807) is 25.5 Å². The van der Waals surface area contributed by atoms with Crippen LogP contribution in [0.1, 0.15) is 13.8 Å². The minimum atomic E-state index is -0.0970. The monoisotopic (exact) mass is 380 g/mol. The number of ether oxygens (including phenoxy) is 1. The second-order valence-corrected chi connectivity index (χ2v) is 7.17. The molecule has 0 unspecified atom stereocenters. The van der Waals surface area contributed by atoms with Gasteiger partial charge >= 0.3 is 0 Å². The minimum Gasteiger partial charge on any atom is -0.474 e. The third-order valence-electron chi connectivity index (χ3n) is 4.84. The minimum absolute atomic E-state index is 0.0552. The average Bonchev–Trinajstić information content (AvgIpc) is 2.70. The molecule has 0 aliphatic carbocycles. The number of hydrogen-bond donors (Lipinski definition) is 0. The standard InChI is InChI=1S/C20H24N6O2/c1-14(2)28-20-16-12-15(4-5-17(16)21-13-22-20)25-8-10-26(11-9-25)18-6-7-19(27)24(3)23-18/h4-7,12-14H,8-11H2,1-3H3. The second kappa shape index (κ2) is 7.46. The number of rotatable bonds is 4. The third kappa shape index (κ3) is 3.62. The Morgan fingerprint density at radius 1 is 1.00 bits per heavy atom. The van der Waals surface area contributed by atoms with Gasteiger partial charge in [-0.15, -0.1) is 0 Å². The highest BCUT2D eigenvalue weighted by atomic mass is 16.5. The van der Waals surface area contributed by atoms with E-state index >= 15 is 0 Å². The number of benzene rings is 1. The van der Waals surface area contributed by atoms with Crippen LogP contribution < -0.4 is 20.1 Å². The van der Waals surface area contributed by atoms with Gasteiger partial charge in [0.15, 0.2) is 0 Å². The van der Waals surface area contributed by atoms with Crippen LogP contribution in [-0.4, -0.2) is 52.0 Å². The lowest BCUT2D eigenvalue weighted by Gasteiger charge is -2.36. The number of anilines is 2. The van der Waals surface area contributed by atoms with E-state index in [-0.39, 0.29) is 11.7 Å². The Hall–Kier alpha value is -3.16. The van der Waals surface area contributed by atoms with Crippen LogP contribution in [0, 0.1) is 0 Å². The Kier molecular flexibility index (Phi) is 4.85. The Labute approximate surface area is 163 Å². The topological polar surface area (TPSA) is 76.4 Å². The number of aromatic nitrogens is 4. The van der Waals surface area contributed by atoms with E-state index < -0.39 is 0 Å². The second-order valence-electron chi connectivity index (χ2n) is 7.17.